The van der Waals surface area contributed by atoms with Crippen molar-refractivity contribution >= 4 is 39.0 Å². The van der Waals surface area contributed by atoms with E-state index in [1.165, 1.54) is 11.3 Å². The minimum Gasteiger partial charge on any atom is -0.503 e. The van der Waals surface area contributed by atoms with Crippen LogP contribution in [0.3, 0.4) is 0 Å². The number of benzene rings is 1. The number of carbonyl (C=O) groups is 2. The number of aryl methyl sites for hydroxylation is 2. The zero-order valence-corrected chi connectivity index (χ0v) is 20.5. The summed E-state index contributed by atoms with van der Waals surface area (Å²) < 4.78 is 6.30. The van der Waals surface area contributed by atoms with Crippen LogP contribution in [0.4, 0.5) is 0 Å². The molecule has 3 heterocycles. The number of amides is 1. The summed E-state index contributed by atoms with van der Waals surface area (Å²) in [5.74, 6) is -1.29. The van der Waals surface area contributed by atoms with Crippen LogP contribution in [0.15, 0.2) is 40.1 Å². The van der Waals surface area contributed by atoms with Crippen molar-refractivity contribution in [1.29, 1.82) is 0 Å². The molecular formula is C23H26BrN3O4S. The Balaban J connectivity index is 1.63. The fourth-order valence-electron chi connectivity index (χ4n) is 4.26. The van der Waals surface area contributed by atoms with Crippen molar-refractivity contribution in [2.75, 3.05) is 39.4 Å². The molecule has 170 valence electrons. The molecule has 1 aromatic carbocycles. The Labute approximate surface area is 199 Å². The average molecular weight is 520 g/mol. The predicted octanol–water partition coefficient (Wildman–Crippen LogP) is 3.82. The van der Waals surface area contributed by atoms with E-state index < -0.39 is 17.7 Å². The second-order valence-corrected chi connectivity index (χ2v) is 10.1. The van der Waals surface area contributed by atoms with Crippen molar-refractivity contribution in [3.8, 4) is 0 Å². The lowest BCUT2D eigenvalue weighted by molar-refractivity contribution is -0.129. The molecule has 1 aromatic heterocycles. The van der Waals surface area contributed by atoms with Crippen LogP contribution in [0.25, 0.3) is 0 Å². The second-order valence-electron chi connectivity index (χ2n) is 8.00. The van der Waals surface area contributed by atoms with Gasteiger partial charge in [-0.15, -0.1) is 11.3 Å². The Kier molecular flexibility index (Phi) is 7.09. The van der Waals surface area contributed by atoms with Crippen molar-refractivity contribution in [2.24, 2.45) is 0 Å². The van der Waals surface area contributed by atoms with E-state index in [0.29, 0.717) is 17.1 Å². The molecule has 0 radical (unpaired) electrons. The van der Waals surface area contributed by atoms with E-state index in [2.05, 4.69) is 25.8 Å². The first-order valence-electron chi connectivity index (χ1n) is 10.6. The summed E-state index contributed by atoms with van der Waals surface area (Å²) in [5.41, 5.74) is 1.54. The summed E-state index contributed by atoms with van der Waals surface area (Å²) in [6.07, 6.45) is 0.742. The molecule has 1 amide bonds. The third-order valence-corrected chi connectivity index (χ3v) is 7.42. The minimum absolute atomic E-state index is 0.135. The molecule has 1 atom stereocenters. The topological polar surface area (TPSA) is 83.0 Å². The van der Waals surface area contributed by atoms with Gasteiger partial charge >= 0.3 is 0 Å². The Bertz CT molecular complexity index is 1040. The van der Waals surface area contributed by atoms with Crippen LogP contribution in [0.5, 0.6) is 0 Å². The van der Waals surface area contributed by atoms with E-state index in [1.54, 1.807) is 11.8 Å². The van der Waals surface area contributed by atoms with Gasteiger partial charge in [-0.25, -0.2) is 4.98 Å². The van der Waals surface area contributed by atoms with Crippen molar-refractivity contribution in [3.05, 3.63) is 61.2 Å². The first kappa shape index (κ1) is 23.1. The van der Waals surface area contributed by atoms with Gasteiger partial charge in [-0.1, -0.05) is 28.1 Å². The van der Waals surface area contributed by atoms with Crippen LogP contribution >= 0.6 is 27.3 Å². The number of thiazole rings is 1. The molecule has 2 aromatic rings. The van der Waals surface area contributed by atoms with Crippen molar-refractivity contribution in [3.63, 3.8) is 0 Å². The average Bonchev–Trinajstić information content (AvgIpc) is 3.25. The Morgan fingerprint density at radius 3 is 2.53 bits per heavy atom. The molecule has 0 saturated carbocycles. The summed E-state index contributed by atoms with van der Waals surface area (Å²) in [7, 11) is 0. The third kappa shape index (κ3) is 4.66. The normalized spacial score (nSPS) is 19.8. The smallest absolute Gasteiger partial charge is 0.290 e. The lowest BCUT2D eigenvalue weighted by Crippen LogP contribution is -2.39. The number of hydrogen-bond acceptors (Lipinski definition) is 7. The maximum atomic E-state index is 13.5. The van der Waals surface area contributed by atoms with Gasteiger partial charge in [-0.05, 0) is 38.0 Å². The number of halogens is 1. The van der Waals surface area contributed by atoms with Crippen LogP contribution in [-0.2, 0) is 9.53 Å². The quantitative estimate of drug-likeness (QED) is 0.559. The number of rotatable bonds is 7. The first-order valence-corrected chi connectivity index (χ1v) is 12.3. The number of hydrogen-bond donors (Lipinski definition) is 1. The van der Waals surface area contributed by atoms with E-state index in [4.69, 9.17) is 4.74 Å². The number of nitrogens with zero attached hydrogens (tertiary/aromatic N) is 3. The maximum absolute atomic E-state index is 13.5. The SMILES string of the molecule is Cc1nc(C)c(C(=O)C2=C(O)C(=O)N(CCCN3CCOCC3)[C@@H]2c2ccc(Br)cc2)s1. The molecule has 0 aliphatic carbocycles. The number of ketones is 1. The number of morpholine rings is 1. The van der Waals surface area contributed by atoms with Gasteiger partial charge in [0.1, 0.15) is 0 Å². The molecule has 1 fully saturated rings. The molecule has 1 N–H and O–H groups in total. The summed E-state index contributed by atoms with van der Waals surface area (Å²) >= 11 is 4.73. The van der Waals surface area contributed by atoms with Gasteiger partial charge in [-0.3, -0.25) is 14.5 Å². The molecular weight excluding hydrogens is 494 g/mol. The predicted molar refractivity (Wildman–Crippen MR) is 126 cm³/mol. The summed E-state index contributed by atoms with van der Waals surface area (Å²) in [5, 5.41) is 11.6. The zero-order valence-electron chi connectivity index (χ0n) is 18.1. The van der Waals surface area contributed by atoms with E-state index in [1.807, 2.05) is 31.2 Å². The van der Waals surface area contributed by atoms with Gasteiger partial charge in [0.15, 0.2) is 5.76 Å². The lowest BCUT2D eigenvalue weighted by atomic mass is 9.95. The van der Waals surface area contributed by atoms with Gasteiger partial charge in [-0.2, -0.15) is 0 Å². The highest BCUT2D eigenvalue weighted by Gasteiger charge is 2.44. The Morgan fingerprint density at radius 1 is 1.22 bits per heavy atom. The van der Waals surface area contributed by atoms with Crippen molar-refractivity contribution in [1.82, 2.24) is 14.8 Å². The second kappa shape index (κ2) is 9.82. The zero-order chi connectivity index (χ0) is 22.8. The highest BCUT2D eigenvalue weighted by Crippen LogP contribution is 2.40. The van der Waals surface area contributed by atoms with Gasteiger partial charge in [0.05, 0.1) is 40.4 Å². The van der Waals surface area contributed by atoms with Crippen LogP contribution < -0.4 is 0 Å². The lowest BCUT2D eigenvalue weighted by Gasteiger charge is -2.30. The highest BCUT2D eigenvalue weighted by atomic mass is 79.9. The standard InChI is InChI=1S/C23H26BrN3O4S/c1-14-22(32-15(2)25-14)20(28)18-19(16-4-6-17(24)7-5-16)27(23(30)21(18)29)9-3-8-26-10-12-31-13-11-26/h4-7,19,29H,3,8-13H2,1-2H3/t19-/m1/s1. The maximum Gasteiger partial charge on any atom is 0.290 e. The molecule has 2 aliphatic heterocycles. The molecule has 32 heavy (non-hydrogen) atoms. The largest absolute Gasteiger partial charge is 0.503 e. The van der Waals surface area contributed by atoms with Crippen molar-refractivity contribution in [2.45, 2.75) is 26.3 Å². The number of aliphatic hydroxyl groups excluding tert-OH is 1. The van der Waals surface area contributed by atoms with Gasteiger partial charge in [0.25, 0.3) is 5.91 Å². The summed E-state index contributed by atoms with van der Waals surface area (Å²) in [6.45, 7) is 8.09. The monoisotopic (exact) mass is 519 g/mol. The van der Waals surface area contributed by atoms with Crippen LogP contribution in [0, 0.1) is 13.8 Å². The first-order chi connectivity index (χ1) is 15.4. The van der Waals surface area contributed by atoms with Crippen LogP contribution in [-0.4, -0.2) is 71.0 Å². The van der Waals surface area contributed by atoms with Gasteiger partial charge in [0.2, 0.25) is 5.78 Å². The van der Waals surface area contributed by atoms with E-state index in [9.17, 15) is 14.7 Å². The molecule has 0 bridgehead atoms. The molecule has 0 unspecified atom stereocenters. The molecule has 7 nitrogen and oxygen atoms in total. The number of Topliss-reactive ketones (excluding diaryl/α,β-unsaturated/α-hetero) is 1. The van der Waals surface area contributed by atoms with Crippen LogP contribution in [0.2, 0.25) is 0 Å². The number of aliphatic hydroxyl groups is 1. The molecule has 9 heteroatoms. The molecule has 2 aliphatic rings. The fraction of sp³-hybridized carbons (Fsp3) is 0.435. The molecule has 4 rings (SSSR count). The third-order valence-electron chi connectivity index (χ3n) is 5.82. The van der Waals surface area contributed by atoms with E-state index in [0.717, 1.165) is 54.3 Å². The van der Waals surface area contributed by atoms with Gasteiger partial charge in [0, 0.05) is 30.7 Å². The van der Waals surface area contributed by atoms with Crippen LogP contribution in [0.1, 0.15) is 38.4 Å². The minimum atomic E-state index is -0.630. The Morgan fingerprint density at radius 2 is 1.91 bits per heavy atom. The summed E-state index contributed by atoms with van der Waals surface area (Å²) in [4.78, 5) is 35.3. The molecule has 1 saturated heterocycles. The van der Waals surface area contributed by atoms with E-state index >= 15 is 0 Å². The molecule has 0 spiro atoms. The number of carbonyl (C=O) groups excluding carboxylic acids is 2. The number of aromatic nitrogens is 1. The van der Waals surface area contributed by atoms with Crippen molar-refractivity contribution < 1.29 is 19.4 Å². The summed E-state index contributed by atoms with van der Waals surface area (Å²) in [6, 6.07) is 6.90. The highest BCUT2D eigenvalue weighted by molar-refractivity contribution is 9.10. The van der Waals surface area contributed by atoms with E-state index in [-0.39, 0.29) is 11.4 Å². The Hall–Kier alpha value is -2.07. The fourth-order valence-corrected chi connectivity index (χ4v) is 5.40. The van der Waals surface area contributed by atoms with Gasteiger partial charge < -0.3 is 14.7 Å². The number of ether oxygens (including phenoxy) is 1.